The lowest BCUT2D eigenvalue weighted by Crippen LogP contribution is -2.32. The van der Waals surface area contributed by atoms with Crippen LogP contribution in [0.5, 0.6) is 0 Å². The van der Waals surface area contributed by atoms with Gasteiger partial charge in [-0.3, -0.25) is 4.79 Å². The molecule has 1 unspecified atom stereocenters. The van der Waals surface area contributed by atoms with Crippen molar-refractivity contribution in [2.24, 2.45) is 0 Å². The molecule has 0 saturated carbocycles. The van der Waals surface area contributed by atoms with E-state index in [4.69, 9.17) is 4.74 Å². The lowest BCUT2D eigenvalue weighted by molar-refractivity contribution is 0.00308. The summed E-state index contributed by atoms with van der Waals surface area (Å²) in [5.41, 5.74) is -0.122. The molecule has 4 nitrogen and oxygen atoms in total. The van der Waals surface area contributed by atoms with Crippen LogP contribution in [0.1, 0.15) is 19.3 Å². The molecule has 2 heterocycles. The molecule has 0 bridgehead atoms. The highest BCUT2D eigenvalue weighted by Crippen LogP contribution is 2.17. The molecule has 1 aliphatic heterocycles. The number of halogens is 2. The number of nitrogens with zero attached hydrogens (tertiary/aromatic N) is 2. The van der Waals surface area contributed by atoms with Gasteiger partial charge in [0.15, 0.2) is 0 Å². The first kappa shape index (κ1) is 12.3. The molecule has 0 amide bonds. The molecule has 2 rings (SSSR count). The Bertz CT molecular complexity index is 427. The van der Waals surface area contributed by atoms with E-state index in [0.717, 1.165) is 25.9 Å². The average molecular weight is 352 g/mol. The van der Waals surface area contributed by atoms with Gasteiger partial charge >= 0.3 is 0 Å². The number of ether oxygens (including phenoxy) is 1. The third-order valence-electron chi connectivity index (χ3n) is 2.59. The monoisotopic (exact) mass is 350 g/mol. The van der Waals surface area contributed by atoms with Crippen LogP contribution in [-0.4, -0.2) is 22.5 Å². The summed E-state index contributed by atoms with van der Waals surface area (Å²) in [7, 11) is 0. The van der Waals surface area contributed by atoms with Crippen molar-refractivity contribution in [1.82, 2.24) is 9.78 Å². The molecule has 0 aliphatic carbocycles. The highest BCUT2D eigenvalue weighted by atomic mass is 79.9. The Balaban J connectivity index is 2.15. The second-order valence-corrected chi connectivity index (χ2v) is 5.43. The van der Waals surface area contributed by atoms with Crippen molar-refractivity contribution < 1.29 is 4.74 Å². The van der Waals surface area contributed by atoms with E-state index in [1.807, 2.05) is 0 Å². The van der Waals surface area contributed by atoms with Crippen LogP contribution in [0.25, 0.3) is 0 Å². The summed E-state index contributed by atoms with van der Waals surface area (Å²) in [6.07, 6.45) is 5.02. The van der Waals surface area contributed by atoms with Crippen molar-refractivity contribution in [3.63, 3.8) is 0 Å². The minimum atomic E-state index is -0.122. The van der Waals surface area contributed by atoms with Gasteiger partial charge in [0.2, 0.25) is 0 Å². The molecule has 0 radical (unpaired) electrons. The van der Waals surface area contributed by atoms with Crippen molar-refractivity contribution >= 4 is 31.9 Å². The summed E-state index contributed by atoms with van der Waals surface area (Å²) in [5, 5.41) is 4.08. The molecular formula is C10H12Br2N2O2. The Kier molecular flexibility index (Phi) is 4.16. The van der Waals surface area contributed by atoms with Crippen LogP contribution >= 0.6 is 31.9 Å². The number of hydrogen-bond donors (Lipinski definition) is 0. The van der Waals surface area contributed by atoms with Crippen LogP contribution < -0.4 is 5.56 Å². The Morgan fingerprint density at radius 2 is 2.31 bits per heavy atom. The molecule has 1 fully saturated rings. The molecule has 6 heteroatoms. The van der Waals surface area contributed by atoms with E-state index < -0.39 is 0 Å². The molecular weight excluding hydrogens is 340 g/mol. The van der Waals surface area contributed by atoms with Gasteiger partial charge in [0.1, 0.15) is 4.47 Å². The predicted molar refractivity (Wildman–Crippen MR) is 67.5 cm³/mol. The third kappa shape index (κ3) is 2.73. The summed E-state index contributed by atoms with van der Waals surface area (Å²) < 4.78 is 8.22. The Morgan fingerprint density at radius 1 is 1.50 bits per heavy atom. The molecule has 1 saturated heterocycles. The first-order valence-electron chi connectivity index (χ1n) is 5.21. The number of aromatic nitrogens is 2. The van der Waals surface area contributed by atoms with E-state index in [1.54, 1.807) is 6.20 Å². The van der Waals surface area contributed by atoms with Crippen molar-refractivity contribution in [3.8, 4) is 0 Å². The molecule has 0 aromatic carbocycles. The first-order valence-corrected chi connectivity index (χ1v) is 6.80. The summed E-state index contributed by atoms with van der Waals surface area (Å²) in [4.78, 5) is 11.8. The highest BCUT2D eigenvalue weighted by molar-refractivity contribution is 9.13. The standard InChI is InChI=1S/C10H12Br2N2O2/c11-8-5-13-14(10(15)9(8)12)6-7-3-1-2-4-16-7/h5,7H,1-4,6H2. The second-order valence-electron chi connectivity index (χ2n) is 3.78. The van der Waals surface area contributed by atoms with E-state index in [1.165, 1.54) is 4.68 Å². The second kappa shape index (κ2) is 5.42. The van der Waals surface area contributed by atoms with Gasteiger partial charge in [-0.25, -0.2) is 4.68 Å². The molecule has 1 atom stereocenters. The van der Waals surface area contributed by atoms with Crippen molar-refractivity contribution in [2.75, 3.05) is 6.61 Å². The average Bonchev–Trinajstić information content (AvgIpc) is 2.31. The van der Waals surface area contributed by atoms with Crippen molar-refractivity contribution in [3.05, 3.63) is 25.5 Å². The normalized spacial score (nSPS) is 21.0. The zero-order chi connectivity index (χ0) is 11.5. The van der Waals surface area contributed by atoms with Crippen LogP contribution in [0, 0.1) is 0 Å². The maximum Gasteiger partial charge on any atom is 0.282 e. The maximum absolute atomic E-state index is 11.8. The molecule has 1 aromatic heterocycles. The summed E-state index contributed by atoms with van der Waals surface area (Å²) in [6.45, 7) is 1.32. The Labute approximate surface area is 110 Å². The van der Waals surface area contributed by atoms with Gasteiger partial charge in [0.05, 0.1) is 23.3 Å². The van der Waals surface area contributed by atoms with Gasteiger partial charge < -0.3 is 4.74 Å². The van der Waals surface area contributed by atoms with E-state index in [0.29, 0.717) is 15.5 Å². The van der Waals surface area contributed by atoms with Gasteiger partial charge in [0.25, 0.3) is 5.56 Å². The van der Waals surface area contributed by atoms with E-state index in [2.05, 4.69) is 37.0 Å². The molecule has 1 aromatic rings. The number of hydrogen-bond acceptors (Lipinski definition) is 3. The minimum absolute atomic E-state index is 0.118. The van der Waals surface area contributed by atoms with Gasteiger partial charge in [-0.1, -0.05) is 0 Å². The third-order valence-corrected chi connectivity index (χ3v) is 4.49. The van der Waals surface area contributed by atoms with Crippen LogP contribution in [0.2, 0.25) is 0 Å². The summed E-state index contributed by atoms with van der Waals surface area (Å²) in [6, 6.07) is 0. The summed E-state index contributed by atoms with van der Waals surface area (Å²) in [5.74, 6) is 0. The van der Waals surface area contributed by atoms with Crippen molar-refractivity contribution in [2.45, 2.75) is 31.9 Å². The van der Waals surface area contributed by atoms with Crippen LogP contribution in [0.4, 0.5) is 0 Å². The van der Waals surface area contributed by atoms with E-state index >= 15 is 0 Å². The molecule has 1 aliphatic rings. The smallest absolute Gasteiger partial charge is 0.282 e. The quantitative estimate of drug-likeness (QED) is 0.821. The van der Waals surface area contributed by atoms with Crippen molar-refractivity contribution in [1.29, 1.82) is 0 Å². The molecule has 0 spiro atoms. The fourth-order valence-corrected chi connectivity index (χ4v) is 2.29. The highest BCUT2D eigenvalue weighted by Gasteiger charge is 2.16. The van der Waals surface area contributed by atoms with Gasteiger partial charge in [-0.15, -0.1) is 0 Å². The minimum Gasteiger partial charge on any atom is -0.376 e. The maximum atomic E-state index is 11.8. The molecule has 16 heavy (non-hydrogen) atoms. The van der Waals surface area contributed by atoms with Gasteiger partial charge in [0, 0.05) is 6.61 Å². The molecule has 88 valence electrons. The zero-order valence-electron chi connectivity index (χ0n) is 8.66. The lowest BCUT2D eigenvalue weighted by Gasteiger charge is -2.22. The van der Waals surface area contributed by atoms with Crippen LogP contribution in [0.3, 0.4) is 0 Å². The topological polar surface area (TPSA) is 44.1 Å². The summed E-state index contributed by atoms with van der Waals surface area (Å²) >= 11 is 6.49. The fraction of sp³-hybridized carbons (Fsp3) is 0.600. The van der Waals surface area contributed by atoms with Crippen LogP contribution in [0.15, 0.2) is 19.9 Å². The largest absolute Gasteiger partial charge is 0.376 e. The van der Waals surface area contributed by atoms with E-state index in [9.17, 15) is 4.79 Å². The lowest BCUT2D eigenvalue weighted by atomic mass is 10.1. The fourth-order valence-electron chi connectivity index (χ4n) is 1.72. The van der Waals surface area contributed by atoms with Gasteiger partial charge in [-0.05, 0) is 51.1 Å². The zero-order valence-corrected chi connectivity index (χ0v) is 11.8. The first-order chi connectivity index (χ1) is 7.68. The molecule has 0 N–H and O–H groups in total. The Hall–Kier alpha value is -0.200. The van der Waals surface area contributed by atoms with Crippen LogP contribution in [-0.2, 0) is 11.3 Å². The SMILES string of the molecule is O=c1c(Br)c(Br)cnn1CC1CCCCO1. The van der Waals surface area contributed by atoms with E-state index in [-0.39, 0.29) is 11.7 Å². The Morgan fingerprint density at radius 3 is 3.00 bits per heavy atom. The van der Waals surface area contributed by atoms with Gasteiger partial charge in [-0.2, -0.15) is 5.10 Å². The number of rotatable bonds is 2. The predicted octanol–water partition coefficient (Wildman–Crippen LogP) is 2.34.